The molecule has 0 spiro atoms. The average Bonchev–Trinajstić information content (AvgIpc) is 3.07. The fourth-order valence-corrected chi connectivity index (χ4v) is 3.16. The number of likely N-dealkylation sites (N-methyl/N-ethyl adjacent to an activating group) is 1. The van der Waals surface area contributed by atoms with Gasteiger partial charge in [-0.25, -0.2) is 19.6 Å². The Morgan fingerprint density at radius 1 is 1.17 bits per heavy atom. The summed E-state index contributed by atoms with van der Waals surface area (Å²) in [6.45, 7) is 2.74. The third-order valence-corrected chi connectivity index (χ3v) is 4.58. The van der Waals surface area contributed by atoms with Gasteiger partial charge in [-0.3, -0.25) is 4.79 Å². The van der Waals surface area contributed by atoms with Crippen LogP contribution in [0, 0.1) is 0 Å². The lowest BCUT2D eigenvalue weighted by Gasteiger charge is -2.32. The highest BCUT2D eigenvalue weighted by atomic mass is 16.2. The Labute approximate surface area is 139 Å². The van der Waals surface area contributed by atoms with Crippen LogP contribution in [0.25, 0.3) is 0 Å². The predicted octanol–water partition coefficient (Wildman–Crippen LogP) is 0.293. The fraction of sp³-hybridized carbons (Fsp3) is 0.533. The number of anilines is 2. The minimum atomic E-state index is 0.0955. The number of hydrogen-bond acceptors (Lipinski definition) is 7. The molecule has 126 valence electrons. The lowest BCUT2D eigenvalue weighted by molar-refractivity contribution is -0.129. The Bertz CT molecular complexity index is 745. The van der Waals surface area contributed by atoms with E-state index in [0.717, 1.165) is 43.4 Å². The number of hydrogen-bond donors (Lipinski definition) is 1. The summed E-state index contributed by atoms with van der Waals surface area (Å²) in [6.07, 6.45) is 5.18. The van der Waals surface area contributed by atoms with E-state index in [9.17, 15) is 4.79 Å². The molecule has 2 aliphatic heterocycles. The molecular formula is C15H20N8O. The van der Waals surface area contributed by atoms with E-state index in [4.69, 9.17) is 0 Å². The van der Waals surface area contributed by atoms with Crippen molar-refractivity contribution in [1.29, 1.82) is 0 Å². The summed E-state index contributed by atoms with van der Waals surface area (Å²) in [4.78, 5) is 28.6. The van der Waals surface area contributed by atoms with Crippen molar-refractivity contribution >= 4 is 17.5 Å². The zero-order chi connectivity index (χ0) is 16.5. The van der Waals surface area contributed by atoms with Crippen molar-refractivity contribution in [3.05, 3.63) is 24.5 Å². The molecule has 0 saturated carbocycles. The molecule has 2 aromatic rings. The first-order valence-corrected chi connectivity index (χ1v) is 8.16. The van der Waals surface area contributed by atoms with E-state index in [1.165, 1.54) is 6.33 Å². The summed E-state index contributed by atoms with van der Waals surface area (Å²) in [6, 6.07) is 1.99. The quantitative estimate of drug-likeness (QED) is 0.866. The number of nitrogens with one attached hydrogen (secondary N) is 1. The standard InChI is InChI=1S/C15H20N8O/c1-21-5-6-22(8-14(21)24)13-7-12(16-9-17-13)20-11-3-2-4-23-15(11)18-10-19-23/h7,9-11H,2-6,8H2,1H3,(H,16,17,20). The van der Waals surface area contributed by atoms with Crippen molar-refractivity contribution < 1.29 is 4.79 Å². The number of amides is 1. The van der Waals surface area contributed by atoms with E-state index in [0.29, 0.717) is 13.1 Å². The molecule has 1 N–H and O–H groups in total. The van der Waals surface area contributed by atoms with Gasteiger partial charge in [0.2, 0.25) is 5.91 Å². The van der Waals surface area contributed by atoms with Gasteiger partial charge in [-0.05, 0) is 12.8 Å². The Kier molecular flexibility index (Phi) is 3.75. The molecule has 1 unspecified atom stereocenters. The number of nitrogens with zero attached hydrogens (tertiary/aromatic N) is 7. The first-order chi connectivity index (χ1) is 11.7. The summed E-state index contributed by atoms with van der Waals surface area (Å²) >= 11 is 0. The van der Waals surface area contributed by atoms with Crippen LogP contribution in [0.5, 0.6) is 0 Å². The zero-order valence-electron chi connectivity index (χ0n) is 13.6. The van der Waals surface area contributed by atoms with Gasteiger partial charge in [-0.2, -0.15) is 5.10 Å². The van der Waals surface area contributed by atoms with Gasteiger partial charge in [0.1, 0.15) is 30.1 Å². The lowest BCUT2D eigenvalue weighted by atomic mass is 10.1. The summed E-state index contributed by atoms with van der Waals surface area (Å²) in [7, 11) is 1.83. The largest absolute Gasteiger partial charge is 0.360 e. The van der Waals surface area contributed by atoms with Crippen LogP contribution in [0.2, 0.25) is 0 Å². The number of aryl methyl sites for hydroxylation is 1. The van der Waals surface area contributed by atoms with E-state index in [1.807, 2.05) is 22.7 Å². The second-order valence-corrected chi connectivity index (χ2v) is 6.18. The van der Waals surface area contributed by atoms with Crippen LogP contribution in [-0.2, 0) is 11.3 Å². The second-order valence-electron chi connectivity index (χ2n) is 6.18. The van der Waals surface area contributed by atoms with E-state index in [2.05, 4.69) is 25.4 Å². The average molecular weight is 328 g/mol. The topological polar surface area (TPSA) is 92.1 Å². The van der Waals surface area contributed by atoms with Crippen LogP contribution >= 0.6 is 0 Å². The molecule has 9 heteroatoms. The molecule has 1 saturated heterocycles. The highest BCUT2D eigenvalue weighted by Gasteiger charge is 2.24. The van der Waals surface area contributed by atoms with Crippen molar-refractivity contribution in [2.75, 3.05) is 36.9 Å². The normalized spacial score (nSPS) is 20.9. The Morgan fingerprint density at radius 2 is 2.08 bits per heavy atom. The Balaban J connectivity index is 1.51. The molecule has 0 aliphatic carbocycles. The predicted molar refractivity (Wildman–Crippen MR) is 87.5 cm³/mol. The molecule has 1 atom stereocenters. The monoisotopic (exact) mass is 328 g/mol. The Morgan fingerprint density at radius 3 is 2.96 bits per heavy atom. The number of piperazine rings is 1. The molecule has 4 heterocycles. The summed E-state index contributed by atoms with van der Waals surface area (Å²) < 4.78 is 1.93. The van der Waals surface area contributed by atoms with Gasteiger partial charge in [-0.1, -0.05) is 0 Å². The van der Waals surface area contributed by atoms with E-state index in [1.54, 1.807) is 11.2 Å². The van der Waals surface area contributed by atoms with Crippen LogP contribution in [0.1, 0.15) is 24.7 Å². The first-order valence-electron chi connectivity index (χ1n) is 8.16. The number of fused-ring (bicyclic) bond motifs is 1. The van der Waals surface area contributed by atoms with E-state index in [-0.39, 0.29) is 11.9 Å². The fourth-order valence-electron chi connectivity index (χ4n) is 3.16. The van der Waals surface area contributed by atoms with Crippen molar-refractivity contribution in [2.45, 2.75) is 25.4 Å². The lowest BCUT2D eigenvalue weighted by Crippen LogP contribution is -2.48. The molecule has 24 heavy (non-hydrogen) atoms. The van der Waals surface area contributed by atoms with Crippen molar-refractivity contribution in [2.24, 2.45) is 0 Å². The minimum absolute atomic E-state index is 0.0955. The summed E-state index contributed by atoms with van der Waals surface area (Å²) in [5, 5.41) is 7.66. The smallest absolute Gasteiger partial charge is 0.241 e. The van der Waals surface area contributed by atoms with E-state index >= 15 is 0 Å². The Hall–Kier alpha value is -2.71. The van der Waals surface area contributed by atoms with Crippen LogP contribution in [0.4, 0.5) is 11.6 Å². The SMILES string of the molecule is CN1CCN(c2cc(NC3CCCn4ncnc43)ncn2)CC1=O. The van der Waals surface area contributed by atoms with Crippen LogP contribution in [-0.4, -0.2) is 62.2 Å². The number of rotatable bonds is 3. The molecule has 2 aromatic heterocycles. The maximum Gasteiger partial charge on any atom is 0.241 e. The number of carbonyl (C=O) groups is 1. The first kappa shape index (κ1) is 14.9. The van der Waals surface area contributed by atoms with Crippen molar-refractivity contribution in [3.63, 3.8) is 0 Å². The third-order valence-electron chi connectivity index (χ3n) is 4.58. The second kappa shape index (κ2) is 6.06. The van der Waals surface area contributed by atoms with Gasteiger partial charge in [0.25, 0.3) is 0 Å². The van der Waals surface area contributed by atoms with Gasteiger partial charge < -0.3 is 15.1 Å². The number of carbonyl (C=O) groups excluding carboxylic acids is 1. The zero-order valence-corrected chi connectivity index (χ0v) is 13.6. The molecular weight excluding hydrogens is 308 g/mol. The summed E-state index contributed by atoms with van der Waals surface area (Å²) in [5.41, 5.74) is 0. The molecule has 2 aliphatic rings. The van der Waals surface area contributed by atoms with Gasteiger partial charge in [0.15, 0.2) is 0 Å². The highest BCUT2D eigenvalue weighted by molar-refractivity contribution is 5.82. The molecule has 1 amide bonds. The molecule has 0 bridgehead atoms. The van der Waals surface area contributed by atoms with Gasteiger partial charge in [0, 0.05) is 32.7 Å². The molecule has 9 nitrogen and oxygen atoms in total. The van der Waals surface area contributed by atoms with Crippen molar-refractivity contribution in [3.8, 4) is 0 Å². The van der Waals surface area contributed by atoms with Gasteiger partial charge >= 0.3 is 0 Å². The van der Waals surface area contributed by atoms with Gasteiger partial charge in [0.05, 0.1) is 12.6 Å². The van der Waals surface area contributed by atoms with Gasteiger partial charge in [-0.15, -0.1) is 0 Å². The maximum absolute atomic E-state index is 11.9. The maximum atomic E-state index is 11.9. The number of aromatic nitrogens is 5. The minimum Gasteiger partial charge on any atom is -0.360 e. The molecule has 0 radical (unpaired) electrons. The van der Waals surface area contributed by atoms with Crippen LogP contribution in [0.15, 0.2) is 18.7 Å². The van der Waals surface area contributed by atoms with E-state index < -0.39 is 0 Å². The molecule has 1 fully saturated rings. The molecule has 0 aromatic carbocycles. The van der Waals surface area contributed by atoms with Crippen LogP contribution < -0.4 is 10.2 Å². The highest BCUT2D eigenvalue weighted by Crippen LogP contribution is 2.26. The molecule has 4 rings (SSSR count). The summed E-state index contributed by atoms with van der Waals surface area (Å²) in [5.74, 6) is 2.56. The van der Waals surface area contributed by atoms with Crippen LogP contribution in [0.3, 0.4) is 0 Å². The van der Waals surface area contributed by atoms with Crippen molar-refractivity contribution in [1.82, 2.24) is 29.6 Å². The third kappa shape index (κ3) is 2.77.